The molecule has 0 spiro atoms. The summed E-state index contributed by atoms with van der Waals surface area (Å²) < 4.78 is 5.15. The monoisotopic (exact) mass is 260 g/mol. The average molecular weight is 260 g/mol. The number of amides is 2. The van der Waals surface area contributed by atoms with Gasteiger partial charge in [-0.1, -0.05) is 0 Å². The van der Waals surface area contributed by atoms with Crippen LogP contribution in [0.15, 0.2) is 0 Å². The predicted molar refractivity (Wildman–Crippen MR) is 59.2 cm³/mol. The van der Waals surface area contributed by atoms with Crippen LogP contribution in [0.2, 0.25) is 0 Å². The van der Waals surface area contributed by atoms with Gasteiger partial charge >= 0.3 is 18.0 Å². The second kappa shape index (κ2) is 6.80. The van der Waals surface area contributed by atoms with Gasteiger partial charge in [-0.3, -0.25) is 4.79 Å². The topological polar surface area (TPSA) is 125 Å². The Morgan fingerprint density at radius 3 is 2.56 bits per heavy atom. The standard InChI is InChI=1S/C10H16N2O6/c13-8(14)4-7(9(15)16)12-10(17)11-6-2-1-3-18-5-6/h6-7H,1-5H2,(H,13,14)(H,15,16)(H2,11,12,17)/t6?,7-/m1/s1. The van der Waals surface area contributed by atoms with Crippen molar-refractivity contribution >= 4 is 18.0 Å². The molecule has 0 aromatic heterocycles. The molecule has 1 fully saturated rings. The summed E-state index contributed by atoms with van der Waals surface area (Å²) in [5.74, 6) is -2.67. The normalized spacial score (nSPS) is 20.8. The van der Waals surface area contributed by atoms with Gasteiger partial charge in [0.25, 0.3) is 0 Å². The van der Waals surface area contributed by atoms with Crippen LogP contribution in [-0.2, 0) is 14.3 Å². The average Bonchev–Trinajstić information content (AvgIpc) is 2.28. The third kappa shape index (κ3) is 5.00. The van der Waals surface area contributed by atoms with Gasteiger partial charge in [0.2, 0.25) is 0 Å². The summed E-state index contributed by atoms with van der Waals surface area (Å²) in [5, 5.41) is 21.9. The number of hydrogen-bond donors (Lipinski definition) is 4. The minimum atomic E-state index is -1.44. The molecule has 1 aliphatic rings. The zero-order valence-electron chi connectivity index (χ0n) is 9.72. The first-order valence-corrected chi connectivity index (χ1v) is 5.58. The van der Waals surface area contributed by atoms with E-state index >= 15 is 0 Å². The second-order valence-electron chi connectivity index (χ2n) is 4.02. The number of hydrogen-bond acceptors (Lipinski definition) is 4. The van der Waals surface area contributed by atoms with Crippen molar-refractivity contribution in [3.8, 4) is 0 Å². The lowest BCUT2D eigenvalue weighted by Crippen LogP contribution is -2.51. The zero-order chi connectivity index (χ0) is 13.5. The molecule has 8 heteroatoms. The van der Waals surface area contributed by atoms with Crippen molar-refractivity contribution in [1.82, 2.24) is 10.6 Å². The van der Waals surface area contributed by atoms with E-state index in [0.717, 1.165) is 12.8 Å². The van der Waals surface area contributed by atoms with Gasteiger partial charge in [-0.2, -0.15) is 0 Å². The van der Waals surface area contributed by atoms with Gasteiger partial charge in [0.1, 0.15) is 6.04 Å². The molecule has 1 saturated heterocycles. The fraction of sp³-hybridized carbons (Fsp3) is 0.700. The summed E-state index contributed by atoms with van der Waals surface area (Å²) in [5.41, 5.74) is 0. The van der Waals surface area contributed by atoms with Gasteiger partial charge in [-0.05, 0) is 12.8 Å². The molecule has 2 amide bonds. The summed E-state index contributed by atoms with van der Waals surface area (Å²) in [7, 11) is 0. The van der Waals surface area contributed by atoms with Gasteiger partial charge < -0.3 is 25.6 Å². The molecular weight excluding hydrogens is 244 g/mol. The van der Waals surface area contributed by atoms with Crippen LogP contribution in [0.4, 0.5) is 4.79 Å². The van der Waals surface area contributed by atoms with Crippen LogP contribution in [-0.4, -0.2) is 53.5 Å². The van der Waals surface area contributed by atoms with Crippen molar-refractivity contribution in [1.29, 1.82) is 0 Å². The Kier molecular flexibility index (Phi) is 5.37. The first-order valence-electron chi connectivity index (χ1n) is 5.58. The minimum absolute atomic E-state index is 0.168. The molecule has 0 aromatic carbocycles. The van der Waals surface area contributed by atoms with Gasteiger partial charge in [0.15, 0.2) is 0 Å². The van der Waals surface area contributed by atoms with E-state index in [9.17, 15) is 14.4 Å². The fourth-order valence-electron chi connectivity index (χ4n) is 1.61. The van der Waals surface area contributed by atoms with Crippen molar-refractivity contribution in [3.63, 3.8) is 0 Å². The Bertz CT molecular complexity index is 326. The Morgan fingerprint density at radius 2 is 2.06 bits per heavy atom. The van der Waals surface area contributed by atoms with Crippen molar-refractivity contribution in [2.45, 2.75) is 31.3 Å². The van der Waals surface area contributed by atoms with Crippen molar-refractivity contribution in [3.05, 3.63) is 0 Å². The van der Waals surface area contributed by atoms with E-state index in [1.165, 1.54) is 0 Å². The molecule has 1 aliphatic heterocycles. The van der Waals surface area contributed by atoms with E-state index in [4.69, 9.17) is 14.9 Å². The number of carbonyl (C=O) groups is 3. The lowest BCUT2D eigenvalue weighted by molar-refractivity contribution is -0.145. The lowest BCUT2D eigenvalue weighted by atomic mass is 10.1. The number of carboxylic acid groups (broad SMARTS) is 2. The molecule has 0 radical (unpaired) electrons. The molecule has 1 heterocycles. The summed E-state index contributed by atoms with van der Waals surface area (Å²) in [6.45, 7) is 1.03. The maximum Gasteiger partial charge on any atom is 0.326 e. The number of ether oxygens (including phenoxy) is 1. The van der Waals surface area contributed by atoms with Gasteiger partial charge in [-0.25, -0.2) is 9.59 Å². The number of aliphatic carboxylic acids is 2. The van der Waals surface area contributed by atoms with Crippen LogP contribution in [0, 0.1) is 0 Å². The molecule has 18 heavy (non-hydrogen) atoms. The summed E-state index contributed by atoms with van der Waals surface area (Å²) in [4.78, 5) is 32.6. The number of nitrogens with one attached hydrogen (secondary N) is 2. The van der Waals surface area contributed by atoms with Gasteiger partial charge in [0.05, 0.1) is 19.1 Å². The molecule has 2 atom stereocenters. The van der Waals surface area contributed by atoms with Crippen molar-refractivity contribution < 1.29 is 29.3 Å². The lowest BCUT2D eigenvalue weighted by Gasteiger charge is -2.24. The van der Waals surface area contributed by atoms with E-state index in [1.807, 2.05) is 0 Å². The molecule has 8 nitrogen and oxygen atoms in total. The quantitative estimate of drug-likeness (QED) is 0.522. The number of carbonyl (C=O) groups excluding carboxylic acids is 1. The smallest absolute Gasteiger partial charge is 0.326 e. The highest BCUT2D eigenvalue weighted by atomic mass is 16.5. The fourth-order valence-corrected chi connectivity index (χ4v) is 1.61. The van der Waals surface area contributed by atoms with E-state index in [0.29, 0.717) is 13.2 Å². The number of rotatable bonds is 5. The van der Waals surface area contributed by atoms with E-state index in [-0.39, 0.29) is 6.04 Å². The first kappa shape index (κ1) is 14.2. The van der Waals surface area contributed by atoms with Crippen LogP contribution < -0.4 is 10.6 Å². The van der Waals surface area contributed by atoms with Crippen LogP contribution in [0.5, 0.6) is 0 Å². The van der Waals surface area contributed by atoms with Crippen molar-refractivity contribution in [2.75, 3.05) is 13.2 Å². The van der Waals surface area contributed by atoms with E-state index in [2.05, 4.69) is 10.6 Å². The van der Waals surface area contributed by atoms with Crippen LogP contribution >= 0.6 is 0 Å². The first-order chi connectivity index (χ1) is 8.49. The van der Waals surface area contributed by atoms with Crippen LogP contribution in [0.3, 0.4) is 0 Å². The summed E-state index contributed by atoms with van der Waals surface area (Å²) in [6, 6.07) is -2.30. The number of carboxylic acids is 2. The highest BCUT2D eigenvalue weighted by Gasteiger charge is 2.24. The third-order valence-electron chi connectivity index (χ3n) is 2.48. The molecule has 0 aliphatic carbocycles. The van der Waals surface area contributed by atoms with Gasteiger partial charge in [-0.15, -0.1) is 0 Å². The molecule has 102 valence electrons. The third-order valence-corrected chi connectivity index (χ3v) is 2.48. The Morgan fingerprint density at radius 1 is 1.33 bits per heavy atom. The van der Waals surface area contributed by atoms with Crippen LogP contribution in [0.25, 0.3) is 0 Å². The Labute approximate surface area is 103 Å². The molecular formula is C10H16N2O6. The molecule has 0 bridgehead atoms. The molecule has 0 aromatic rings. The zero-order valence-corrected chi connectivity index (χ0v) is 9.72. The molecule has 1 rings (SSSR count). The summed E-state index contributed by atoms with van der Waals surface area (Å²) in [6.07, 6.45) is 0.913. The second-order valence-corrected chi connectivity index (χ2v) is 4.02. The largest absolute Gasteiger partial charge is 0.481 e. The van der Waals surface area contributed by atoms with Crippen LogP contribution in [0.1, 0.15) is 19.3 Å². The highest BCUT2D eigenvalue weighted by molar-refractivity contribution is 5.86. The predicted octanol–water partition coefficient (Wildman–Crippen LogP) is -0.608. The molecule has 1 unspecified atom stereocenters. The highest BCUT2D eigenvalue weighted by Crippen LogP contribution is 2.05. The van der Waals surface area contributed by atoms with E-state index in [1.54, 1.807) is 0 Å². The minimum Gasteiger partial charge on any atom is -0.481 e. The maximum absolute atomic E-state index is 11.5. The summed E-state index contributed by atoms with van der Waals surface area (Å²) >= 11 is 0. The molecule has 4 N–H and O–H groups in total. The molecule has 0 saturated carbocycles. The number of urea groups is 1. The Balaban J connectivity index is 2.40. The maximum atomic E-state index is 11.5. The SMILES string of the molecule is O=C(O)C[C@@H](NC(=O)NC1CCCOC1)C(=O)O. The van der Waals surface area contributed by atoms with Crippen molar-refractivity contribution in [2.24, 2.45) is 0 Å². The Hall–Kier alpha value is -1.83. The van der Waals surface area contributed by atoms with E-state index < -0.39 is 30.4 Å². The van der Waals surface area contributed by atoms with Gasteiger partial charge in [0, 0.05) is 6.61 Å².